The summed E-state index contributed by atoms with van der Waals surface area (Å²) in [6.07, 6.45) is 0. The molecule has 0 spiro atoms. The van der Waals surface area contributed by atoms with Crippen LogP contribution in [0, 0.1) is 6.92 Å². The van der Waals surface area contributed by atoms with Crippen molar-refractivity contribution in [1.82, 2.24) is 20.0 Å². The van der Waals surface area contributed by atoms with Crippen molar-refractivity contribution in [2.24, 2.45) is 0 Å². The number of nitrogens with zero attached hydrogens (tertiary/aromatic N) is 5. The molecule has 1 saturated heterocycles. The molecule has 0 unspecified atom stereocenters. The molecule has 11 heteroatoms. The van der Waals surface area contributed by atoms with Gasteiger partial charge >= 0.3 is 5.97 Å². The van der Waals surface area contributed by atoms with E-state index in [0.29, 0.717) is 75.7 Å². The SMILES string of the molecule is CCOC(=O)c1nc2ccccc2nc1N1CCN(C(=O)c2c(-c3c(Cl)cccc3Cl)noc2C)CC1. The third kappa shape index (κ3) is 4.72. The predicted octanol–water partition coefficient (Wildman–Crippen LogP) is 5.04. The van der Waals surface area contributed by atoms with Crippen molar-refractivity contribution in [1.29, 1.82) is 0 Å². The van der Waals surface area contributed by atoms with E-state index in [4.69, 9.17) is 37.4 Å². The Balaban J connectivity index is 1.41. The summed E-state index contributed by atoms with van der Waals surface area (Å²) in [5.41, 5.74) is 2.52. The lowest BCUT2D eigenvalue weighted by atomic mass is 10.0. The van der Waals surface area contributed by atoms with E-state index in [-0.39, 0.29) is 18.2 Å². The molecule has 1 aliphatic heterocycles. The number of halogens is 2. The highest BCUT2D eigenvalue weighted by atomic mass is 35.5. The Morgan fingerprint density at radius 3 is 2.27 bits per heavy atom. The Labute approximate surface area is 222 Å². The van der Waals surface area contributed by atoms with Crippen LogP contribution in [-0.2, 0) is 4.74 Å². The maximum atomic E-state index is 13.6. The first kappa shape index (κ1) is 25.0. The number of aromatic nitrogens is 3. The van der Waals surface area contributed by atoms with Crippen molar-refractivity contribution < 1.29 is 18.8 Å². The maximum Gasteiger partial charge on any atom is 0.360 e. The van der Waals surface area contributed by atoms with Gasteiger partial charge in [0.15, 0.2) is 11.5 Å². The van der Waals surface area contributed by atoms with Crippen LogP contribution in [0.5, 0.6) is 0 Å². The fraction of sp³-hybridized carbons (Fsp3) is 0.269. The molecule has 1 amide bonds. The third-order valence-corrected chi connectivity index (χ3v) is 6.79. The van der Waals surface area contributed by atoms with E-state index in [1.54, 1.807) is 43.0 Å². The van der Waals surface area contributed by atoms with Crippen molar-refractivity contribution in [3.63, 3.8) is 0 Å². The zero-order chi connectivity index (χ0) is 26.1. The zero-order valence-corrected chi connectivity index (χ0v) is 21.7. The number of amides is 1. The highest BCUT2D eigenvalue weighted by molar-refractivity contribution is 6.39. The molecule has 5 rings (SSSR count). The van der Waals surface area contributed by atoms with Crippen LogP contribution < -0.4 is 4.90 Å². The van der Waals surface area contributed by atoms with E-state index in [2.05, 4.69) is 10.1 Å². The fourth-order valence-electron chi connectivity index (χ4n) is 4.35. The van der Waals surface area contributed by atoms with Crippen LogP contribution in [-0.4, -0.2) is 64.7 Å². The minimum atomic E-state index is -0.532. The molecule has 4 aromatic rings. The van der Waals surface area contributed by atoms with Crippen molar-refractivity contribution in [2.75, 3.05) is 37.7 Å². The Morgan fingerprint density at radius 1 is 0.973 bits per heavy atom. The number of hydrogen-bond donors (Lipinski definition) is 0. The molecule has 190 valence electrons. The monoisotopic (exact) mass is 539 g/mol. The van der Waals surface area contributed by atoms with Crippen LogP contribution in [0.4, 0.5) is 5.82 Å². The summed E-state index contributed by atoms with van der Waals surface area (Å²) in [5.74, 6) is 0.0487. The summed E-state index contributed by atoms with van der Waals surface area (Å²) in [4.78, 5) is 39.2. The van der Waals surface area contributed by atoms with Gasteiger partial charge in [-0.25, -0.2) is 14.8 Å². The van der Waals surface area contributed by atoms with Gasteiger partial charge in [0.1, 0.15) is 17.0 Å². The van der Waals surface area contributed by atoms with Gasteiger partial charge in [-0.3, -0.25) is 4.79 Å². The Bertz CT molecular complexity index is 1480. The van der Waals surface area contributed by atoms with E-state index >= 15 is 0 Å². The van der Waals surface area contributed by atoms with Crippen molar-refractivity contribution in [2.45, 2.75) is 13.8 Å². The number of para-hydroxylation sites is 2. The van der Waals surface area contributed by atoms with E-state index in [9.17, 15) is 9.59 Å². The van der Waals surface area contributed by atoms with Crippen LogP contribution in [0.2, 0.25) is 10.0 Å². The molecule has 2 aromatic carbocycles. The second-order valence-corrected chi connectivity index (χ2v) is 9.26. The van der Waals surface area contributed by atoms with Crippen LogP contribution in [0.25, 0.3) is 22.3 Å². The van der Waals surface area contributed by atoms with E-state index in [0.717, 1.165) is 0 Å². The van der Waals surface area contributed by atoms with Gasteiger partial charge in [0.05, 0.1) is 27.7 Å². The van der Waals surface area contributed by atoms with Gasteiger partial charge in [-0.05, 0) is 38.1 Å². The summed E-state index contributed by atoms with van der Waals surface area (Å²) in [5, 5.41) is 4.84. The molecule has 0 bridgehead atoms. The summed E-state index contributed by atoms with van der Waals surface area (Å²) >= 11 is 12.8. The third-order valence-electron chi connectivity index (χ3n) is 6.16. The normalized spacial score (nSPS) is 13.7. The molecule has 9 nitrogen and oxygen atoms in total. The average molecular weight is 540 g/mol. The number of anilines is 1. The fourth-order valence-corrected chi connectivity index (χ4v) is 4.92. The van der Waals surface area contributed by atoms with Gasteiger partial charge in [-0.15, -0.1) is 0 Å². The average Bonchev–Trinajstić information content (AvgIpc) is 3.28. The summed E-state index contributed by atoms with van der Waals surface area (Å²) in [7, 11) is 0. The molecular weight excluding hydrogens is 517 g/mol. The van der Waals surface area contributed by atoms with Crippen LogP contribution in [0.3, 0.4) is 0 Å². The first-order valence-electron chi connectivity index (χ1n) is 11.8. The van der Waals surface area contributed by atoms with Gasteiger partial charge < -0.3 is 19.1 Å². The Morgan fingerprint density at radius 2 is 1.62 bits per heavy atom. The Kier molecular flexibility index (Phi) is 6.99. The summed E-state index contributed by atoms with van der Waals surface area (Å²) in [6, 6.07) is 12.4. The lowest BCUT2D eigenvalue weighted by molar-refractivity contribution is 0.0519. The molecular formula is C26H23Cl2N5O4. The molecule has 1 aliphatic rings. The first-order valence-corrected chi connectivity index (χ1v) is 12.5. The minimum Gasteiger partial charge on any atom is -0.461 e. The quantitative estimate of drug-likeness (QED) is 0.325. The topological polar surface area (TPSA) is 102 Å². The second-order valence-electron chi connectivity index (χ2n) is 8.44. The molecule has 0 saturated carbocycles. The molecule has 37 heavy (non-hydrogen) atoms. The lowest BCUT2D eigenvalue weighted by Crippen LogP contribution is -2.49. The summed E-state index contributed by atoms with van der Waals surface area (Å²) < 4.78 is 10.6. The Hall–Kier alpha value is -3.69. The first-order chi connectivity index (χ1) is 17.9. The van der Waals surface area contributed by atoms with E-state index in [1.807, 2.05) is 23.1 Å². The standard InChI is InChI=1S/C26H23Cl2N5O4/c1-3-36-26(35)23-24(30-19-10-5-4-9-18(19)29-23)32-11-13-33(14-12-32)25(34)20-15(2)37-31-22(20)21-16(27)7-6-8-17(21)28/h4-10H,3,11-14H2,1-2H3. The number of carbonyl (C=O) groups is 2. The van der Waals surface area contributed by atoms with Gasteiger partial charge in [0.2, 0.25) is 0 Å². The number of fused-ring (bicyclic) bond motifs is 1. The van der Waals surface area contributed by atoms with Gasteiger partial charge in [-0.2, -0.15) is 0 Å². The minimum absolute atomic E-state index is 0.158. The van der Waals surface area contributed by atoms with Gasteiger partial charge in [0, 0.05) is 31.7 Å². The maximum absolute atomic E-state index is 13.6. The highest BCUT2D eigenvalue weighted by Crippen LogP contribution is 2.37. The molecule has 0 aliphatic carbocycles. The number of aryl methyl sites for hydroxylation is 1. The molecule has 0 atom stereocenters. The molecule has 0 radical (unpaired) electrons. The lowest BCUT2D eigenvalue weighted by Gasteiger charge is -2.35. The van der Waals surface area contributed by atoms with Crippen molar-refractivity contribution in [3.8, 4) is 11.3 Å². The number of hydrogen-bond acceptors (Lipinski definition) is 8. The number of ether oxygens (including phenoxy) is 1. The molecule has 2 aromatic heterocycles. The number of carbonyl (C=O) groups excluding carboxylic acids is 2. The molecule has 3 heterocycles. The van der Waals surface area contributed by atoms with Crippen LogP contribution in [0.1, 0.15) is 33.5 Å². The predicted molar refractivity (Wildman–Crippen MR) is 140 cm³/mol. The van der Waals surface area contributed by atoms with Crippen molar-refractivity contribution >= 4 is 51.9 Å². The van der Waals surface area contributed by atoms with Gasteiger partial charge in [0.25, 0.3) is 5.91 Å². The molecule has 1 fully saturated rings. The van der Waals surface area contributed by atoms with Gasteiger partial charge in [-0.1, -0.05) is 46.6 Å². The highest BCUT2D eigenvalue weighted by Gasteiger charge is 2.32. The van der Waals surface area contributed by atoms with Crippen LogP contribution >= 0.6 is 23.2 Å². The number of benzene rings is 2. The number of rotatable bonds is 5. The molecule has 0 N–H and O–H groups in total. The van der Waals surface area contributed by atoms with Crippen molar-refractivity contribution in [3.05, 3.63) is 69.5 Å². The largest absolute Gasteiger partial charge is 0.461 e. The smallest absolute Gasteiger partial charge is 0.360 e. The summed E-state index contributed by atoms with van der Waals surface area (Å²) in [6.45, 7) is 5.31. The van der Waals surface area contributed by atoms with E-state index < -0.39 is 5.97 Å². The number of esters is 1. The van der Waals surface area contributed by atoms with Crippen LogP contribution in [0.15, 0.2) is 47.0 Å². The number of piperazine rings is 1. The second kappa shape index (κ2) is 10.4. The van der Waals surface area contributed by atoms with E-state index in [1.165, 1.54) is 0 Å². The zero-order valence-electron chi connectivity index (χ0n) is 20.2.